The van der Waals surface area contributed by atoms with Gasteiger partial charge in [-0.15, -0.1) is 24.8 Å². The van der Waals surface area contributed by atoms with E-state index >= 15 is 0 Å². The summed E-state index contributed by atoms with van der Waals surface area (Å²) in [6.07, 6.45) is 0.433. The van der Waals surface area contributed by atoms with Gasteiger partial charge in [0.05, 0.1) is 0 Å². The predicted molar refractivity (Wildman–Crippen MR) is 61.9 cm³/mol. The van der Waals surface area contributed by atoms with Crippen molar-refractivity contribution in [3.05, 3.63) is 0 Å². The van der Waals surface area contributed by atoms with Gasteiger partial charge < -0.3 is 21.5 Å². The van der Waals surface area contributed by atoms with Crippen LogP contribution in [0.4, 0.5) is 0 Å². The van der Waals surface area contributed by atoms with Gasteiger partial charge in [-0.2, -0.15) is 0 Å². The van der Waals surface area contributed by atoms with E-state index in [2.05, 4.69) is 10.6 Å². The molecule has 0 aromatic rings. The van der Waals surface area contributed by atoms with Crippen LogP contribution >= 0.6 is 24.8 Å². The number of hydrogen-bond donors (Lipinski definition) is 5. The number of rotatable bonds is 3. The number of carboxylic acids is 1. The highest BCUT2D eigenvalue weighted by Gasteiger charge is 2.21. The Balaban J connectivity index is 0. The first-order valence-electron chi connectivity index (χ1n) is 4.14. The molecule has 1 heterocycles. The molecule has 1 aliphatic heterocycles. The first kappa shape index (κ1) is 16.7. The SMILES string of the molecule is Cl.Cl.N=C1NCC(CC(N)C(=O)O)CN1. The van der Waals surface area contributed by atoms with Gasteiger partial charge in [0, 0.05) is 13.1 Å². The van der Waals surface area contributed by atoms with Crippen molar-refractivity contribution in [1.82, 2.24) is 10.6 Å². The van der Waals surface area contributed by atoms with Crippen LogP contribution in [0, 0.1) is 11.3 Å². The molecule has 1 rings (SSSR count). The van der Waals surface area contributed by atoms with Crippen LogP contribution in [0.25, 0.3) is 0 Å². The van der Waals surface area contributed by atoms with Gasteiger partial charge in [-0.1, -0.05) is 0 Å². The van der Waals surface area contributed by atoms with Crippen molar-refractivity contribution >= 4 is 36.7 Å². The van der Waals surface area contributed by atoms with Gasteiger partial charge in [0.2, 0.25) is 0 Å². The van der Waals surface area contributed by atoms with Gasteiger partial charge in [-0.3, -0.25) is 10.2 Å². The van der Waals surface area contributed by atoms with Crippen LogP contribution in [0.15, 0.2) is 0 Å². The zero-order chi connectivity index (χ0) is 9.84. The largest absolute Gasteiger partial charge is 0.480 e. The average molecular weight is 259 g/mol. The second-order valence-corrected chi connectivity index (χ2v) is 3.18. The zero-order valence-corrected chi connectivity index (χ0v) is 9.66. The number of hydrogen-bond acceptors (Lipinski definition) is 3. The fraction of sp³-hybridized carbons (Fsp3) is 0.714. The Hall–Kier alpha value is -0.720. The van der Waals surface area contributed by atoms with Crippen LogP contribution in [0.1, 0.15) is 6.42 Å². The second-order valence-electron chi connectivity index (χ2n) is 3.18. The molecule has 0 aromatic carbocycles. The van der Waals surface area contributed by atoms with Crippen molar-refractivity contribution in [3.8, 4) is 0 Å². The minimum atomic E-state index is -0.972. The maximum absolute atomic E-state index is 10.4. The van der Waals surface area contributed by atoms with Crippen LogP contribution in [0.3, 0.4) is 0 Å². The zero-order valence-electron chi connectivity index (χ0n) is 8.03. The summed E-state index contributed by atoms with van der Waals surface area (Å²) >= 11 is 0. The van der Waals surface area contributed by atoms with Crippen molar-refractivity contribution < 1.29 is 9.90 Å². The van der Waals surface area contributed by atoms with E-state index in [4.69, 9.17) is 16.2 Å². The second kappa shape index (κ2) is 7.56. The fourth-order valence-corrected chi connectivity index (χ4v) is 1.25. The number of aliphatic carboxylic acids is 1. The van der Waals surface area contributed by atoms with Crippen LogP contribution in [0.2, 0.25) is 0 Å². The topological polar surface area (TPSA) is 111 Å². The summed E-state index contributed by atoms with van der Waals surface area (Å²) in [5.41, 5.74) is 5.37. The average Bonchev–Trinajstić information content (AvgIpc) is 2.08. The van der Waals surface area contributed by atoms with E-state index in [1.807, 2.05) is 0 Å². The van der Waals surface area contributed by atoms with Crippen LogP contribution in [0.5, 0.6) is 0 Å². The van der Waals surface area contributed by atoms with E-state index < -0.39 is 12.0 Å². The molecule has 0 bridgehead atoms. The molecular weight excluding hydrogens is 243 g/mol. The maximum Gasteiger partial charge on any atom is 0.320 e. The highest BCUT2D eigenvalue weighted by atomic mass is 35.5. The molecule has 1 atom stereocenters. The summed E-state index contributed by atoms with van der Waals surface area (Å²) in [4.78, 5) is 10.4. The number of carbonyl (C=O) groups is 1. The normalized spacial score (nSPS) is 21.1. The number of nitrogens with one attached hydrogen (secondary N) is 3. The number of carboxylic acid groups (broad SMARTS) is 1. The first-order valence-corrected chi connectivity index (χ1v) is 4.14. The quantitative estimate of drug-likeness (QED) is 0.463. The molecule has 6 N–H and O–H groups in total. The molecule has 6 nitrogen and oxygen atoms in total. The van der Waals surface area contributed by atoms with Crippen LogP contribution in [-0.2, 0) is 4.79 Å². The third-order valence-corrected chi connectivity index (χ3v) is 2.04. The van der Waals surface area contributed by atoms with Crippen LogP contribution in [-0.4, -0.2) is 36.2 Å². The third kappa shape index (κ3) is 5.66. The van der Waals surface area contributed by atoms with E-state index in [1.165, 1.54) is 0 Å². The fourth-order valence-electron chi connectivity index (χ4n) is 1.25. The number of nitrogens with two attached hydrogens (primary N) is 1. The standard InChI is InChI=1S/C7H14N4O2.2ClH/c8-5(6(12)13)1-4-2-10-7(9)11-3-4;;/h4-5H,1-3,8H2,(H,12,13)(H3,9,10,11);2*1H. The van der Waals surface area contributed by atoms with Gasteiger partial charge >= 0.3 is 5.97 Å². The summed E-state index contributed by atoms with van der Waals surface area (Å²) in [5.74, 6) is -0.499. The molecule has 0 aromatic heterocycles. The molecule has 1 aliphatic rings. The lowest BCUT2D eigenvalue weighted by molar-refractivity contribution is -0.138. The first-order chi connectivity index (χ1) is 6.09. The molecule has 15 heavy (non-hydrogen) atoms. The minimum absolute atomic E-state index is 0. The summed E-state index contributed by atoms with van der Waals surface area (Å²) in [5, 5.41) is 21.3. The Morgan fingerprint density at radius 1 is 1.53 bits per heavy atom. The van der Waals surface area contributed by atoms with E-state index in [0.717, 1.165) is 0 Å². The molecule has 1 saturated heterocycles. The molecule has 0 saturated carbocycles. The van der Waals surface area contributed by atoms with Crippen molar-refractivity contribution in [2.45, 2.75) is 12.5 Å². The molecule has 8 heteroatoms. The molecule has 90 valence electrons. The molecule has 0 spiro atoms. The molecule has 1 unspecified atom stereocenters. The Morgan fingerprint density at radius 2 is 2.00 bits per heavy atom. The predicted octanol–water partition coefficient (Wildman–Crippen LogP) is -0.624. The summed E-state index contributed by atoms with van der Waals surface area (Å²) in [7, 11) is 0. The van der Waals surface area contributed by atoms with Gasteiger partial charge in [-0.25, -0.2) is 0 Å². The highest BCUT2D eigenvalue weighted by Crippen LogP contribution is 2.05. The van der Waals surface area contributed by atoms with E-state index in [-0.39, 0.29) is 30.7 Å². The van der Waals surface area contributed by atoms with E-state index in [0.29, 0.717) is 25.5 Å². The smallest absolute Gasteiger partial charge is 0.320 e. The van der Waals surface area contributed by atoms with E-state index in [1.54, 1.807) is 0 Å². The van der Waals surface area contributed by atoms with E-state index in [9.17, 15) is 4.79 Å². The Bertz CT molecular complexity index is 217. The van der Waals surface area contributed by atoms with Crippen LogP contribution < -0.4 is 16.4 Å². The lowest BCUT2D eigenvalue weighted by Crippen LogP contribution is -2.50. The summed E-state index contributed by atoms with van der Waals surface area (Å²) in [6, 6.07) is -0.805. The van der Waals surface area contributed by atoms with Gasteiger partial charge in [-0.05, 0) is 12.3 Å². The van der Waals surface area contributed by atoms with Crippen molar-refractivity contribution in [2.24, 2.45) is 11.7 Å². The lowest BCUT2D eigenvalue weighted by atomic mass is 9.99. The number of guanidine groups is 1. The Morgan fingerprint density at radius 3 is 2.40 bits per heavy atom. The number of halogens is 2. The Labute approximate surface area is 100 Å². The van der Waals surface area contributed by atoms with Crippen molar-refractivity contribution in [3.63, 3.8) is 0 Å². The van der Waals surface area contributed by atoms with Crippen molar-refractivity contribution in [2.75, 3.05) is 13.1 Å². The van der Waals surface area contributed by atoms with Gasteiger partial charge in [0.15, 0.2) is 5.96 Å². The maximum atomic E-state index is 10.4. The Kier molecular flexibility index (Phi) is 8.41. The molecule has 1 fully saturated rings. The molecule has 0 radical (unpaired) electrons. The monoisotopic (exact) mass is 258 g/mol. The molecular formula is C7H16Cl2N4O2. The van der Waals surface area contributed by atoms with Gasteiger partial charge in [0.25, 0.3) is 0 Å². The lowest BCUT2D eigenvalue weighted by Gasteiger charge is -2.26. The summed E-state index contributed by atoms with van der Waals surface area (Å²) < 4.78 is 0. The molecule has 0 amide bonds. The highest BCUT2D eigenvalue weighted by molar-refractivity contribution is 5.85. The van der Waals surface area contributed by atoms with Crippen molar-refractivity contribution in [1.29, 1.82) is 5.41 Å². The minimum Gasteiger partial charge on any atom is -0.480 e. The molecule has 0 aliphatic carbocycles. The summed E-state index contributed by atoms with van der Waals surface area (Å²) in [6.45, 7) is 1.24. The third-order valence-electron chi connectivity index (χ3n) is 2.04. The van der Waals surface area contributed by atoms with Gasteiger partial charge in [0.1, 0.15) is 6.04 Å².